The average molecular weight is 269 g/mol. The molecule has 3 aromatic rings. The lowest BCUT2D eigenvalue weighted by Crippen LogP contribution is -1.92. The summed E-state index contributed by atoms with van der Waals surface area (Å²) in [5, 5.41) is 0. The Labute approximate surface area is 119 Å². The number of ether oxygens (including phenoxy) is 1. The predicted molar refractivity (Wildman–Crippen MR) is 81.1 cm³/mol. The van der Waals surface area contributed by atoms with Crippen LogP contribution < -0.4 is 4.74 Å². The van der Waals surface area contributed by atoms with E-state index in [2.05, 4.69) is 14.4 Å². The zero-order valence-corrected chi connectivity index (χ0v) is 12.3. The Kier molecular flexibility index (Phi) is 4.35. The maximum absolute atomic E-state index is 5.29. The number of nitrogens with zero attached hydrogens (tertiary/aromatic N) is 3. The smallest absolute Gasteiger partial charge is 0.222 e. The van der Waals surface area contributed by atoms with Crippen LogP contribution >= 0.6 is 0 Å². The molecular formula is C16H19N3O. The molecular weight excluding hydrogens is 250 g/mol. The van der Waals surface area contributed by atoms with Crippen molar-refractivity contribution in [2.45, 2.75) is 20.8 Å². The van der Waals surface area contributed by atoms with Gasteiger partial charge >= 0.3 is 0 Å². The van der Waals surface area contributed by atoms with Gasteiger partial charge in [0.15, 0.2) is 0 Å². The lowest BCUT2D eigenvalue weighted by molar-refractivity contribution is 0.399. The Morgan fingerprint density at radius 1 is 1.10 bits per heavy atom. The number of hydrogen-bond donors (Lipinski definition) is 0. The van der Waals surface area contributed by atoms with E-state index in [4.69, 9.17) is 4.74 Å². The van der Waals surface area contributed by atoms with Crippen molar-refractivity contribution in [3.05, 3.63) is 48.4 Å². The average Bonchev–Trinajstić information content (AvgIpc) is 2.87. The van der Waals surface area contributed by atoms with E-state index in [0.29, 0.717) is 5.88 Å². The Hall–Kier alpha value is -2.36. The largest absolute Gasteiger partial charge is 0.481 e. The van der Waals surface area contributed by atoms with Gasteiger partial charge in [0, 0.05) is 18.1 Å². The second kappa shape index (κ2) is 6.19. The van der Waals surface area contributed by atoms with Gasteiger partial charge in [-0.15, -0.1) is 0 Å². The van der Waals surface area contributed by atoms with Crippen molar-refractivity contribution in [1.82, 2.24) is 14.4 Å². The zero-order valence-electron chi connectivity index (χ0n) is 12.3. The molecule has 20 heavy (non-hydrogen) atoms. The number of imidazole rings is 1. The lowest BCUT2D eigenvalue weighted by atomic mass is 10.1. The van der Waals surface area contributed by atoms with Crippen LogP contribution in [0.25, 0.3) is 16.9 Å². The number of rotatable bonds is 2. The van der Waals surface area contributed by atoms with Gasteiger partial charge in [0.25, 0.3) is 0 Å². The summed E-state index contributed by atoms with van der Waals surface area (Å²) in [6.07, 6.45) is 3.72. The first kappa shape index (κ1) is 14.1. The molecule has 0 amide bonds. The minimum absolute atomic E-state index is 0.601. The number of methoxy groups -OCH3 is 1. The molecule has 0 fully saturated rings. The van der Waals surface area contributed by atoms with E-state index in [1.54, 1.807) is 13.3 Å². The maximum Gasteiger partial charge on any atom is 0.222 e. The topological polar surface area (TPSA) is 39.4 Å². The summed E-state index contributed by atoms with van der Waals surface area (Å²) in [5.41, 5.74) is 3.83. The fourth-order valence-electron chi connectivity index (χ4n) is 2.11. The molecule has 4 heteroatoms. The monoisotopic (exact) mass is 269 g/mol. The number of fused-ring (bicyclic) bond motifs is 1. The Bertz CT molecular complexity index is 704. The molecule has 104 valence electrons. The van der Waals surface area contributed by atoms with Crippen molar-refractivity contribution in [3.63, 3.8) is 0 Å². The molecule has 3 rings (SSSR count). The molecule has 0 saturated carbocycles. The summed E-state index contributed by atoms with van der Waals surface area (Å²) < 4.78 is 7.35. The van der Waals surface area contributed by atoms with Crippen molar-refractivity contribution in [2.24, 2.45) is 0 Å². The molecule has 0 aliphatic carbocycles. The van der Waals surface area contributed by atoms with Crippen molar-refractivity contribution in [3.8, 4) is 17.1 Å². The van der Waals surface area contributed by atoms with Crippen molar-refractivity contribution in [1.29, 1.82) is 0 Å². The SMILES string of the molecule is CC.COc1ncccc1-c1nc2ccccn2c1C. The van der Waals surface area contributed by atoms with Gasteiger partial charge in [-0.25, -0.2) is 9.97 Å². The molecule has 4 nitrogen and oxygen atoms in total. The summed E-state index contributed by atoms with van der Waals surface area (Å²) >= 11 is 0. The van der Waals surface area contributed by atoms with E-state index >= 15 is 0 Å². The summed E-state index contributed by atoms with van der Waals surface area (Å²) in [6, 6.07) is 9.82. The quantitative estimate of drug-likeness (QED) is 0.711. The number of hydrogen-bond acceptors (Lipinski definition) is 3. The molecule has 0 aliphatic heterocycles. The van der Waals surface area contributed by atoms with Gasteiger partial charge in [-0.05, 0) is 31.2 Å². The van der Waals surface area contributed by atoms with E-state index < -0.39 is 0 Å². The third kappa shape index (κ3) is 2.37. The van der Waals surface area contributed by atoms with Crippen LogP contribution in [0.5, 0.6) is 5.88 Å². The van der Waals surface area contributed by atoms with E-state index in [1.165, 1.54) is 0 Å². The molecule has 0 aromatic carbocycles. The minimum atomic E-state index is 0.601. The highest BCUT2D eigenvalue weighted by Gasteiger charge is 2.14. The fraction of sp³-hybridized carbons (Fsp3) is 0.250. The van der Waals surface area contributed by atoms with Gasteiger partial charge in [-0.3, -0.25) is 0 Å². The highest BCUT2D eigenvalue weighted by molar-refractivity contribution is 5.70. The number of aromatic nitrogens is 3. The van der Waals surface area contributed by atoms with E-state index in [-0.39, 0.29) is 0 Å². The van der Waals surface area contributed by atoms with Crippen LogP contribution in [0.15, 0.2) is 42.7 Å². The molecule has 0 saturated heterocycles. The van der Waals surface area contributed by atoms with Crippen molar-refractivity contribution in [2.75, 3.05) is 7.11 Å². The summed E-state index contributed by atoms with van der Waals surface area (Å²) in [6.45, 7) is 6.04. The van der Waals surface area contributed by atoms with Gasteiger partial charge in [-0.2, -0.15) is 0 Å². The molecule has 0 bridgehead atoms. The molecule has 0 spiro atoms. The van der Waals surface area contributed by atoms with Gasteiger partial charge < -0.3 is 9.14 Å². The summed E-state index contributed by atoms with van der Waals surface area (Å²) in [5.74, 6) is 0.601. The first-order chi connectivity index (χ1) is 9.81. The first-order valence-electron chi connectivity index (χ1n) is 6.74. The van der Waals surface area contributed by atoms with Gasteiger partial charge in [0.2, 0.25) is 5.88 Å². The molecule has 0 atom stereocenters. The first-order valence-corrected chi connectivity index (χ1v) is 6.74. The molecule has 0 aliphatic rings. The molecule has 0 unspecified atom stereocenters. The fourth-order valence-corrected chi connectivity index (χ4v) is 2.11. The van der Waals surface area contributed by atoms with Crippen LogP contribution in [0.3, 0.4) is 0 Å². The highest BCUT2D eigenvalue weighted by atomic mass is 16.5. The van der Waals surface area contributed by atoms with Crippen LogP contribution in [-0.4, -0.2) is 21.5 Å². The van der Waals surface area contributed by atoms with Crippen molar-refractivity contribution >= 4 is 5.65 Å². The third-order valence-corrected chi connectivity index (χ3v) is 2.99. The van der Waals surface area contributed by atoms with Gasteiger partial charge in [0.05, 0.1) is 18.4 Å². The number of aryl methyl sites for hydroxylation is 1. The Morgan fingerprint density at radius 2 is 1.90 bits per heavy atom. The maximum atomic E-state index is 5.29. The van der Waals surface area contributed by atoms with Crippen LogP contribution in [0.4, 0.5) is 0 Å². The third-order valence-electron chi connectivity index (χ3n) is 2.99. The van der Waals surface area contributed by atoms with Gasteiger partial charge in [0.1, 0.15) is 5.65 Å². The van der Waals surface area contributed by atoms with E-state index in [9.17, 15) is 0 Å². The molecule has 3 aromatic heterocycles. The zero-order chi connectivity index (χ0) is 14.5. The standard InChI is InChI=1S/C14H13N3O.C2H6/c1-10-13(11-6-5-8-15-14(11)18-2)16-12-7-3-4-9-17(10)12;1-2/h3-9H,1-2H3;1-2H3. The highest BCUT2D eigenvalue weighted by Crippen LogP contribution is 2.29. The molecule has 3 heterocycles. The van der Waals surface area contributed by atoms with Crippen LogP contribution in [0.2, 0.25) is 0 Å². The molecule has 0 radical (unpaired) electrons. The van der Waals surface area contributed by atoms with Crippen LogP contribution in [0.1, 0.15) is 19.5 Å². The Morgan fingerprint density at radius 3 is 2.60 bits per heavy atom. The molecule has 0 N–H and O–H groups in total. The summed E-state index contributed by atoms with van der Waals surface area (Å²) in [4.78, 5) is 8.85. The Balaban J connectivity index is 0.000000704. The van der Waals surface area contributed by atoms with E-state index in [1.807, 2.05) is 57.3 Å². The predicted octanol–water partition coefficient (Wildman–Crippen LogP) is 3.74. The van der Waals surface area contributed by atoms with Crippen LogP contribution in [-0.2, 0) is 0 Å². The van der Waals surface area contributed by atoms with Crippen molar-refractivity contribution < 1.29 is 4.74 Å². The summed E-state index contributed by atoms with van der Waals surface area (Å²) in [7, 11) is 1.62. The van der Waals surface area contributed by atoms with Crippen LogP contribution in [0, 0.1) is 6.92 Å². The van der Waals surface area contributed by atoms with Gasteiger partial charge in [-0.1, -0.05) is 19.9 Å². The van der Waals surface area contributed by atoms with E-state index in [0.717, 1.165) is 22.6 Å². The number of pyridine rings is 2. The second-order valence-electron chi connectivity index (χ2n) is 4.03. The minimum Gasteiger partial charge on any atom is -0.481 e. The lowest BCUT2D eigenvalue weighted by Gasteiger charge is -2.04. The normalized spacial score (nSPS) is 10.0. The second-order valence-corrected chi connectivity index (χ2v) is 4.03.